The number of fused-ring (bicyclic) bond motifs is 1. The summed E-state index contributed by atoms with van der Waals surface area (Å²) in [4.78, 5) is 8.01. The first-order valence-electron chi connectivity index (χ1n) is 6.61. The van der Waals surface area contributed by atoms with E-state index in [9.17, 15) is 0 Å². The SMILES string of the molecule is CC(NC1CCOCC1)c1nc2ccccc2[nH]1. The molecule has 3 rings (SSSR count). The minimum atomic E-state index is 0.250. The Bertz CT molecular complexity index is 483. The van der Waals surface area contributed by atoms with Gasteiger partial charge in [0.2, 0.25) is 0 Å². The highest BCUT2D eigenvalue weighted by atomic mass is 16.5. The third-order valence-electron chi connectivity index (χ3n) is 3.52. The molecule has 2 aromatic rings. The first-order valence-corrected chi connectivity index (χ1v) is 6.61. The zero-order valence-corrected chi connectivity index (χ0v) is 10.6. The molecular formula is C14H19N3O. The molecular weight excluding hydrogens is 226 g/mol. The maximum Gasteiger partial charge on any atom is 0.124 e. The fraction of sp³-hybridized carbons (Fsp3) is 0.500. The Morgan fingerprint density at radius 2 is 2.11 bits per heavy atom. The van der Waals surface area contributed by atoms with E-state index < -0.39 is 0 Å². The van der Waals surface area contributed by atoms with Crippen LogP contribution in [0, 0.1) is 0 Å². The first kappa shape index (κ1) is 11.7. The van der Waals surface area contributed by atoms with Gasteiger partial charge in [0.05, 0.1) is 17.1 Å². The monoisotopic (exact) mass is 245 g/mol. The lowest BCUT2D eigenvalue weighted by atomic mass is 10.1. The second-order valence-electron chi connectivity index (χ2n) is 4.91. The van der Waals surface area contributed by atoms with Crippen molar-refractivity contribution in [3.05, 3.63) is 30.1 Å². The smallest absolute Gasteiger partial charge is 0.124 e. The van der Waals surface area contributed by atoms with E-state index in [4.69, 9.17) is 4.74 Å². The van der Waals surface area contributed by atoms with Crippen LogP contribution in [0.2, 0.25) is 0 Å². The third-order valence-corrected chi connectivity index (χ3v) is 3.52. The van der Waals surface area contributed by atoms with Crippen molar-refractivity contribution in [1.82, 2.24) is 15.3 Å². The van der Waals surface area contributed by atoms with Crippen molar-refractivity contribution in [2.75, 3.05) is 13.2 Å². The van der Waals surface area contributed by atoms with Gasteiger partial charge in [-0.2, -0.15) is 0 Å². The molecule has 0 radical (unpaired) electrons. The largest absolute Gasteiger partial charge is 0.381 e. The summed E-state index contributed by atoms with van der Waals surface area (Å²) < 4.78 is 5.37. The number of aromatic amines is 1. The van der Waals surface area contributed by atoms with Gasteiger partial charge in [0, 0.05) is 19.3 Å². The minimum absolute atomic E-state index is 0.250. The fourth-order valence-electron chi connectivity index (χ4n) is 2.47. The average molecular weight is 245 g/mol. The van der Waals surface area contributed by atoms with E-state index in [1.54, 1.807) is 0 Å². The van der Waals surface area contributed by atoms with Gasteiger partial charge in [-0.1, -0.05) is 12.1 Å². The summed E-state index contributed by atoms with van der Waals surface area (Å²) in [5.41, 5.74) is 2.14. The van der Waals surface area contributed by atoms with Gasteiger partial charge in [-0.05, 0) is 31.9 Å². The second-order valence-corrected chi connectivity index (χ2v) is 4.91. The molecule has 0 spiro atoms. The van der Waals surface area contributed by atoms with Crippen LogP contribution in [0.15, 0.2) is 24.3 Å². The molecule has 4 heteroatoms. The van der Waals surface area contributed by atoms with Crippen molar-refractivity contribution in [3.8, 4) is 0 Å². The third kappa shape index (κ3) is 2.40. The van der Waals surface area contributed by atoms with Crippen molar-refractivity contribution in [3.63, 3.8) is 0 Å². The van der Waals surface area contributed by atoms with Crippen molar-refractivity contribution in [1.29, 1.82) is 0 Å². The van der Waals surface area contributed by atoms with E-state index in [-0.39, 0.29) is 6.04 Å². The molecule has 1 fully saturated rings. The maximum atomic E-state index is 5.37. The lowest BCUT2D eigenvalue weighted by Gasteiger charge is -2.25. The van der Waals surface area contributed by atoms with Crippen LogP contribution in [0.1, 0.15) is 31.6 Å². The Labute approximate surface area is 107 Å². The molecule has 2 heterocycles. The minimum Gasteiger partial charge on any atom is -0.381 e. The molecule has 4 nitrogen and oxygen atoms in total. The molecule has 1 atom stereocenters. The van der Waals surface area contributed by atoms with E-state index >= 15 is 0 Å². The zero-order chi connectivity index (χ0) is 12.4. The average Bonchev–Trinajstić information content (AvgIpc) is 2.84. The van der Waals surface area contributed by atoms with Crippen LogP contribution in [-0.2, 0) is 4.74 Å². The van der Waals surface area contributed by atoms with Crippen LogP contribution in [0.4, 0.5) is 0 Å². The van der Waals surface area contributed by atoms with Crippen LogP contribution in [0.25, 0.3) is 11.0 Å². The number of hydrogen-bond acceptors (Lipinski definition) is 3. The quantitative estimate of drug-likeness (QED) is 0.873. The number of ether oxygens (including phenoxy) is 1. The standard InChI is InChI=1S/C14H19N3O/c1-10(15-11-6-8-18-9-7-11)14-16-12-4-2-3-5-13(12)17-14/h2-5,10-11,15H,6-9H2,1H3,(H,16,17). The number of H-pyrrole nitrogens is 1. The highest BCUT2D eigenvalue weighted by Crippen LogP contribution is 2.17. The van der Waals surface area contributed by atoms with Crippen molar-refractivity contribution >= 4 is 11.0 Å². The van der Waals surface area contributed by atoms with E-state index in [2.05, 4.69) is 28.3 Å². The number of benzene rings is 1. The van der Waals surface area contributed by atoms with Crippen LogP contribution in [-0.4, -0.2) is 29.2 Å². The maximum absolute atomic E-state index is 5.37. The van der Waals surface area contributed by atoms with Crippen LogP contribution < -0.4 is 5.32 Å². The summed E-state index contributed by atoms with van der Waals surface area (Å²) in [5, 5.41) is 3.62. The molecule has 1 aliphatic rings. The zero-order valence-electron chi connectivity index (χ0n) is 10.6. The van der Waals surface area contributed by atoms with Crippen molar-refractivity contribution in [2.24, 2.45) is 0 Å². The molecule has 96 valence electrons. The topological polar surface area (TPSA) is 49.9 Å². The van der Waals surface area contributed by atoms with Gasteiger partial charge < -0.3 is 15.0 Å². The number of nitrogens with zero attached hydrogens (tertiary/aromatic N) is 1. The number of aromatic nitrogens is 2. The molecule has 1 unspecified atom stereocenters. The molecule has 0 amide bonds. The number of imidazole rings is 1. The highest BCUT2D eigenvalue weighted by Gasteiger charge is 2.18. The van der Waals surface area contributed by atoms with Gasteiger partial charge in [-0.15, -0.1) is 0 Å². The van der Waals surface area contributed by atoms with Crippen LogP contribution in [0.5, 0.6) is 0 Å². The highest BCUT2D eigenvalue weighted by molar-refractivity contribution is 5.74. The Balaban J connectivity index is 1.72. The summed E-state index contributed by atoms with van der Waals surface area (Å²) in [5.74, 6) is 1.02. The normalized spacial score (nSPS) is 19.2. The van der Waals surface area contributed by atoms with E-state index in [1.165, 1.54) is 0 Å². The fourth-order valence-corrected chi connectivity index (χ4v) is 2.47. The van der Waals surface area contributed by atoms with Gasteiger partial charge in [-0.25, -0.2) is 4.98 Å². The molecule has 18 heavy (non-hydrogen) atoms. The van der Waals surface area contributed by atoms with E-state index in [0.717, 1.165) is 42.9 Å². The van der Waals surface area contributed by atoms with E-state index in [1.807, 2.05) is 18.2 Å². The lowest BCUT2D eigenvalue weighted by Crippen LogP contribution is -2.36. The summed E-state index contributed by atoms with van der Waals surface area (Å²) in [7, 11) is 0. The van der Waals surface area contributed by atoms with Gasteiger partial charge in [0.25, 0.3) is 0 Å². The molecule has 0 aliphatic carbocycles. The Morgan fingerprint density at radius 3 is 2.89 bits per heavy atom. The summed E-state index contributed by atoms with van der Waals surface area (Å²) in [6.45, 7) is 3.89. The van der Waals surface area contributed by atoms with Gasteiger partial charge >= 0.3 is 0 Å². The molecule has 1 aliphatic heterocycles. The molecule has 0 saturated carbocycles. The molecule has 1 aromatic carbocycles. The Hall–Kier alpha value is -1.39. The molecule has 1 saturated heterocycles. The first-order chi connectivity index (χ1) is 8.83. The van der Waals surface area contributed by atoms with Gasteiger partial charge in [0.15, 0.2) is 0 Å². The number of rotatable bonds is 3. The molecule has 1 aromatic heterocycles. The lowest BCUT2D eigenvalue weighted by molar-refractivity contribution is 0.0752. The number of para-hydroxylation sites is 2. The second kappa shape index (κ2) is 5.08. The summed E-state index contributed by atoms with van der Waals surface area (Å²) in [6.07, 6.45) is 2.18. The number of nitrogens with one attached hydrogen (secondary N) is 2. The molecule has 0 bridgehead atoms. The van der Waals surface area contributed by atoms with Gasteiger partial charge in [-0.3, -0.25) is 0 Å². The van der Waals surface area contributed by atoms with Crippen molar-refractivity contribution < 1.29 is 4.74 Å². The van der Waals surface area contributed by atoms with E-state index in [0.29, 0.717) is 6.04 Å². The van der Waals surface area contributed by atoms with Crippen molar-refractivity contribution in [2.45, 2.75) is 31.8 Å². The Morgan fingerprint density at radius 1 is 1.33 bits per heavy atom. The van der Waals surface area contributed by atoms with Gasteiger partial charge in [0.1, 0.15) is 5.82 Å². The van der Waals surface area contributed by atoms with Crippen LogP contribution >= 0.6 is 0 Å². The summed E-state index contributed by atoms with van der Waals surface area (Å²) in [6, 6.07) is 8.94. The predicted molar refractivity (Wildman–Crippen MR) is 71.5 cm³/mol. The Kier molecular flexibility index (Phi) is 3.30. The van der Waals surface area contributed by atoms with Crippen LogP contribution in [0.3, 0.4) is 0 Å². The molecule has 2 N–H and O–H groups in total. The predicted octanol–water partition coefficient (Wildman–Crippen LogP) is 2.39. The number of hydrogen-bond donors (Lipinski definition) is 2. The summed E-state index contributed by atoms with van der Waals surface area (Å²) >= 11 is 0.